The highest BCUT2D eigenvalue weighted by Crippen LogP contribution is 2.23. The van der Waals surface area contributed by atoms with Gasteiger partial charge in [0.25, 0.3) is 5.56 Å². The molecule has 0 bridgehead atoms. The molecule has 16 heavy (non-hydrogen) atoms. The number of hydrogen-bond donors (Lipinski definition) is 2. The monoisotopic (exact) mass is 263 g/mol. The first-order chi connectivity index (χ1) is 7.52. The van der Waals surface area contributed by atoms with Gasteiger partial charge in [-0.15, -0.1) is 11.6 Å². The van der Waals surface area contributed by atoms with E-state index < -0.39 is 0 Å². The fraction of sp³-hybridized carbons (Fsp3) is 0.600. The lowest BCUT2D eigenvalue weighted by Gasteiger charge is -2.29. The minimum Gasteiger partial charge on any atom is -0.363 e. The van der Waals surface area contributed by atoms with Gasteiger partial charge in [-0.05, 0) is 19.8 Å². The summed E-state index contributed by atoms with van der Waals surface area (Å²) in [5.41, 5.74) is -0.546. The zero-order valence-electron chi connectivity index (χ0n) is 9.31. The first kappa shape index (κ1) is 13.3. The van der Waals surface area contributed by atoms with Crippen molar-refractivity contribution in [1.82, 2.24) is 9.97 Å². The molecule has 0 aliphatic carbocycles. The number of aromatic nitrogens is 2. The Morgan fingerprint density at radius 2 is 2.31 bits per heavy atom. The summed E-state index contributed by atoms with van der Waals surface area (Å²) in [6, 6.07) is 0. The van der Waals surface area contributed by atoms with Crippen molar-refractivity contribution in [3.63, 3.8) is 0 Å². The van der Waals surface area contributed by atoms with Gasteiger partial charge in [-0.25, -0.2) is 4.98 Å². The molecule has 1 aromatic rings. The Balaban J connectivity index is 2.94. The molecule has 6 heteroatoms. The lowest BCUT2D eigenvalue weighted by Crippen LogP contribution is -2.35. The molecule has 0 saturated heterocycles. The number of aromatic amines is 1. The summed E-state index contributed by atoms with van der Waals surface area (Å²) in [5.74, 6) is 0.943. The SMILES string of the molecule is CCC(C)(CCCl)Nc1nc[nH]c(=O)c1Cl. The van der Waals surface area contributed by atoms with Gasteiger partial charge in [-0.1, -0.05) is 18.5 Å². The van der Waals surface area contributed by atoms with Crippen molar-refractivity contribution in [2.75, 3.05) is 11.2 Å². The van der Waals surface area contributed by atoms with Gasteiger partial charge in [0.05, 0.1) is 6.33 Å². The summed E-state index contributed by atoms with van der Waals surface area (Å²) in [6.45, 7) is 4.06. The Labute approximate surface area is 104 Å². The Morgan fingerprint density at radius 3 is 2.88 bits per heavy atom. The lowest BCUT2D eigenvalue weighted by molar-refractivity contribution is 0.479. The van der Waals surface area contributed by atoms with Crippen LogP contribution >= 0.6 is 23.2 Å². The van der Waals surface area contributed by atoms with Gasteiger partial charge in [0.2, 0.25) is 0 Å². The third-order valence-corrected chi connectivity index (χ3v) is 3.18. The molecule has 2 N–H and O–H groups in total. The van der Waals surface area contributed by atoms with E-state index in [9.17, 15) is 4.79 Å². The van der Waals surface area contributed by atoms with Crippen LogP contribution in [0.4, 0.5) is 5.82 Å². The average molecular weight is 264 g/mol. The molecule has 0 amide bonds. The lowest BCUT2D eigenvalue weighted by atomic mass is 9.95. The Kier molecular flexibility index (Phi) is 4.62. The molecule has 0 aromatic carbocycles. The number of rotatable bonds is 5. The molecule has 0 saturated carbocycles. The maximum Gasteiger partial charge on any atom is 0.271 e. The quantitative estimate of drug-likeness (QED) is 0.804. The second kappa shape index (κ2) is 5.55. The smallest absolute Gasteiger partial charge is 0.271 e. The second-order valence-corrected chi connectivity index (χ2v) is 4.63. The van der Waals surface area contributed by atoms with Crippen LogP contribution in [0, 0.1) is 0 Å². The van der Waals surface area contributed by atoms with Crippen LogP contribution in [0.5, 0.6) is 0 Å². The highest BCUT2D eigenvalue weighted by Gasteiger charge is 2.23. The topological polar surface area (TPSA) is 57.8 Å². The highest BCUT2D eigenvalue weighted by molar-refractivity contribution is 6.32. The number of anilines is 1. The van der Waals surface area contributed by atoms with Crippen molar-refractivity contribution < 1.29 is 0 Å². The molecule has 0 aliphatic heterocycles. The standard InChI is InChI=1S/C10H15Cl2N3O/c1-3-10(2,4-5-11)15-8-7(12)9(16)14-6-13-8/h6H,3-5H2,1-2H3,(H2,13,14,15,16). The van der Waals surface area contributed by atoms with Crippen LogP contribution in [0.25, 0.3) is 0 Å². The minimum absolute atomic E-state index is 0.0803. The van der Waals surface area contributed by atoms with Crippen molar-refractivity contribution >= 4 is 29.0 Å². The van der Waals surface area contributed by atoms with Crippen LogP contribution in [-0.2, 0) is 0 Å². The van der Waals surface area contributed by atoms with Crippen LogP contribution in [0.3, 0.4) is 0 Å². The summed E-state index contributed by atoms with van der Waals surface area (Å²) < 4.78 is 0. The molecule has 0 aliphatic rings. The van der Waals surface area contributed by atoms with Crippen molar-refractivity contribution in [2.24, 2.45) is 0 Å². The molecular formula is C10H15Cl2N3O. The molecule has 0 spiro atoms. The number of H-pyrrole nitrogens is 1. The molecule has 90 valence electrons. The number of nitrogens with one attached hydrogen (secondary N) is 2. The summed E-state index contributed by atoms with van der Waals surface area (Å²) in [7, 11) is 0. The second-order valence-electron chi connectivity index (χ2n) is 3.87. The first-order valence-corrected chi connectivity index (χ1v) is 6.01. The molecule has 0 fully saturated rings. The molecule has 0 radical (unpaired) electrons. The van der Waals surface area contributed by atoms with E-state index in [1.807, 2.05) is 13.8 Å². The normalized spacial score (nSPS) is 14.5. The van der Waals surface area contributed by atoms with E-state index in [1.165, 1.54) is 6.33 Å². The maximum atomic E-state index is 11.3. The van der Waals surface area contributed by atoms with Crippen LogP contribution in [0.15, 0.2) is 11.1 Å². The van der Waals surface area contributed by atoms with E-state index in [4.69, 9.17) is 23.2 Å². The molecule has 1 unspecified atom stereocenters. The van der Waals surface area contributed by atoms with Gasteiger partial charge in [-0.3, -0.25) is 4.79 Å². The summed E-state index contributed by atoms with van der Waals surface area (Å²) in [6.07, 6.45) is 2.97. The fourth-order valence-corrected chi connectivity index (χ4v) is 1.86. The number of alkyl halides is 1. The van der Waals surface area contributed by atoms with Crippen molar-refractivity contribution in [3.05, 3.63) is 21.7 Å². The van der Waals surface area contributed by atoms with E-state index in [0.717, 1.165) is 12.8 Å². The van der Waals surface area contributed by atoms with E-state index in [0.29, 0.717) is 11.7 Å². The van der Waals surface area contributed by atoms with Gasteiger partial charge >= 0.3 is 0 Å². The summed E-state index contributed by atoms with van der Waals surface area (Å²) in [4.78, 5) is 17.7. The highest BCUT2D eigenvalue weighted by atomic mass is 35.5. The zero-order chi connectivity index (χ0) is 12.2. The number of halogens is 2. The minimum atomic E-state index is -0.344. The number of nitrogens with zero attached hydrogens (tertiary/aromatic N) is 1. The third kappa shape index (κ3) is 3.12. The van der Waals surface area contributed by atoms with Crippen LogP contribution in [0.2, 0.25) is 5.02 Å². The van der Waals surface area contributed by atoms with Crippen LogP contribution in [0.1, 0.15) is 26.7 Å². The number of hydrogen-bond acceptors (Lipinski definition) is 3. The van der Waals surface area contributed by atoms with Gasteiger partial charge in [0.1, 0.15) is 5.02 Å². The van der Waals surface area contributed by atoms with Crippen molar-refractivity contribution in [1.29, 1.82) is 0 Å². The third-order valence-electron chi connectivity index (χ3n) is 2.64. The molecule has 1 rings (SSSR count). The maximum absolute atomic E-state index is 11.3. The van der Waals surface area contributed by atoms with E-state index in [2.05, 4.69) is 15.3 Å². The molecule has 1 heterocycles. The Bertz CT molecular complexity index is 407. The van der Waals surface area contributed by atoms with Gasteiger partial charge < -0.3 is 10.3 Å². The fourth-order valence-electron chi connectivity index (χ4n) is 1.29. The largest absolute Gasteiger partial charge is 0.363 e. The zero-order valence-corrected chi connectivity index (χ0v) is 10.8. The van der Waals surface area contributed by atoms with Crippen molar-refractivity contribution in [2.45, 2.75) is 32.2 Å². The first-order valence-electron chi connectivity index (χ1n) is 5.10. The van der Waals surface area contributed by atoms with Gasteiger partial charge in [-0.2, -0.15) is 0 Å². The van der Waals surface area contributed by atoms with E-state index >= 15 is 0 Å². The molecule has 1 aromatic heterocycles. The molecular weight excluding hydrogens is 249 g/mol. The van der Waals surface area contributed by atoms with Gasteiger partial charge in [0, 0.05) is 11.4 Å². The predicted molar refractivity (Wildman–Crippen MR) is 67.5 cm³/mol. The molecule has 4 nitrogen and oxygen atoms in total. The predicted octanol–water partition coefficient (Wildman–Crippen LogP) is 2.63. The Morgan fingerprint density at radius 1 is 1.62 bits per heavy atom. The summed E-state index contributed by atoms with van der Waals surface area (Å²) >= 11 is 11.6. The van der Waals surface area contributed by atoms with E-state index in [-0.39, 0.29) is 16.1 Å². The van der Waals surface area contributed by atoms with E-state index in [1.54, 1.807) is 0 Å². The Hall–Kier alpha value is -0.740. The average Bonchev–Trinajstić information content (AvgIpc) is 2.25. The van der Waals surface area contributed by atoms with Crippen LogP contribution < -0.4 is 10.9 Å². The van der Waals surface area contributed by atoms with Crippen LogP contribution in [-0.4, -0.2) is 21.4 Å². The van der Waals surface area contributed by atoms with Crippen molar-refractivity contribution in [3.8, 4) is 0 Å². The summed E-state index contributed by atoms with van der Waals surface area (Å²) in [5, 5.41) is 3.25. The van der Waals surface area contributed by atoms with Gasteiger partial charge in [0.15, 0.2) is 5.82 Å². The molecule has 1 atom stereocenters.